The highest BCUT2D eigenvalue weighted by Gasteiger charge is 2.27. The van der Waals surface area contributed by atoms with E-state index in [1.54, 1.807) is 30.0 Å². The van der Waals surface area contributed by atoms with Crippen LogP contribution in [0.25, 0.3) is 0 Å². The van der Waals surface area contributed by atoms with Crippen molar-refractivity contribution in [3.8, 4) is 11.5 Å². The summed E-state index contributed by atoms with van der Waals surface area (Å²) in [6, 6.07) is 17.2. The molecule has 1 heterocycles. The summed E-state index contributed by atoms with van der Waals surface area (Å²) in [5.41, 5.74) is 4.81. The number of ether oxygens (including phenoxy) is 2. The minimum atomic E-state index is -0.793. The third-order valence-corrected chi connectivity index (χ3v) is 4.78. The Morgan fingerprint density at radius 3 is 2.54 bits per heavy atom. The van der Waals surface area contributed by atoms with Crippen LogP contribution in [0, 0.1) is 0 Å². The van der Waals surface area contributed by atoms with Gasteiger partial charge >= 0.3 is 0 Å². The van der Waals surface area contributed by atoms with Gasteiger partial charge in [0.1, 0.15) is 6.61 Å². The van der Waals surface area contributed by atoms with Crippen molar-refractivity contribution in [1.82, 2.24) is 10.9 Å². The standard InChI is InChI=1S/C19H20N2O4S/c22-18(11-6-12-26-14-7-2-1-3-8-14)20-21-19(23)17-13-24-15-9-4-5-10-16(15)25-17/h1-5,7-10,17H,6,11-13H2,(H,20,22)(H,21,23)/t17-/m0/s1. The van der Waals surface area contributed by atoms with Gasteiger partial charge in [0, 0.05) is 11.3 Å². The van der Waals surface area contributed by atoms with E-state index in [0.29, 0.717) is 17.9 Å². The maximum Gasteiger partial charge on any atom is 0.283 e. The van der Waals surface area contributed by atoms with Crippen LogP contribution in [-0.2, 0) is 9.59 Å². The summed E-state index contributed by atoms with van der Waals surface area (Å²) in [5, 5.41) is 0. The topological polar surface area (TPSA) is 76.7 Å². The highest BCUT2D eigenvalue weighted by atomic mass is 32.2. The average molecular weight is 372 g/mol. The normalized spacial score (nSPS) is 15.2. The summed E-state index contributed by atoms with van der Waals surface area (Å²) in [5.74, 6) is 1.29. The van der Waals surface area contributed by atoms with Crippen LogP contribution < -0.4 is 20.3 Å². The number of rotatable bonds is 6. The van der Waals surface area contributed by atoms with Crippen molar-refractivity contribution in [2.24, 2.45) is 0 Å². The van der Waals surface area contributed by atoms with Crippen LogP contribution in [0.2, 0.25) is 0 Å². The zero-order chi connectivity index (χ0) is 18.2. The van der Waals surface area contributed by atoms with Crippen LogP contribution in [0.15, 0.2) is 59.5 Å². The number of hydrazine groups is 1. The fourth-order valence-corrected chi connectivity index (χ4v) is 3.24. The number of carbonyl (C=O) groups excluding carboxylic acids is 2. The molecule has 1 aliphatic rings. The van der Waals surface area contributed by atoms with Crippen molar-refractivity contribution < 1.29 is 19.1 Å². The van der Waals surface area contributed by atoms with Gasteiger partial charge in [-0.2, -0.15) is 0 Å². The van der Waals surface area contributed by atoms with Gasteiger partial charge in [-0.05, 0) is 36.4 Å². The number of fused-ring (bicyclic) bond motifs is 1. The Morgan fingerprint density at radius 1 is 1.00 bits per heavy atom. The van der Waals surface area contributed by atoms with Gasteiger partial charge in [-0.15, -0.1) is 11.8 Å². The van der Waals surface area contributed by atoms with Crippen molar-refractivity contribution in [3.05, 3.63) is 54.6 Å². The SMILES string of the molecule is O=C(CCCSc1ccccc1)NNC(=O)[C@@H]1COc2ccccc2O1. The average Bonchev–Trinajstić information content (AvgIpc) is 2.70. The zero-order valence-electron chi connectivity index (χ0n) is 14.1. The van der Waals surface area contributed by atoms with E-state index in [1.165, 1.54) is 4.90 Å². The lowest BCUT2D eigenvalue weighted by Crippen LogP contribution is -2.50. The van der Waals surface area contributed by atoms with Gasteiger partial charge in [0.25, 0.3) is 5.91 Å². The molecule has 2 aromatic carbocycles. The monoisotopic (exact) mass is 372 g/mol. The highest BCUT2D eigenvalue weighted by molar-refractivity contribution is 7.99. The Balaban J connectivity index is 1.33. The Morgan fingerprint density at radius 2 is 1.73 bits per heavy atom. The molecule has 7 heteroatoms. The molecule has 0 unspecified atom stereocenters. The first-order chi connectivity index (χ1) is 12.7. The van der Waals surface area contributed by atoms with E-state index in [2.05, 4.69) is 10.9 Å². The number of nitrogens with one attached hydrogen (secondary N) is 2. The van der Waals surface area contributed by atoms with E-state index < -0.39 is 12.0 Å². The lowest BCUT2D eigenvalue weighted by Gasteiger charge is -2.25. The fourth-order valence-electron chi connectivity index (χ4n) is 2.36. The molecule has 0 spiro atoms. The van der Waals surface area contributed by atoms with E-state index in [-0.39, 0.29) is 12.5 Å². The predicted molar refractivity (Wildman–Crippen MR) is 99.0 cm³/mol. The summed E-state index contributed by atoms with van der Waals surface area (Å²) < 4.78 is 11.1. The summed E-state index contributed by atoms with van der Waals surface area (Å²) in [6.07, 6.45) is 0.265. The molecular weight excluding hydrogens is 352 g/mol. The lowest BCUT2D eigenvalue weighted by molar-refractivity contribution is -0.135. The fraction of sp³-hybridized carbons (Fsp3) is 0.263. The maximum atomic E-state index is 12.1. The van der Waals surface area contributed by atoms with E-state index in [0.717, 1.165) is 12.2 Å². The van der Waals surface area contributed by atoms with Crippen LogP contribution in [0.4, 0.5) is 0 Å². The van der Waals surface area contributed by atoms with Gasteiger partial charge < -0.3 is 9.47 Å². The molecule has 26 heavy (non-hydrogen) atoms. The van der Waals surface area contributed by atoms with Gasteiger partial charge in [-0.1, -0.05) is 30.3 Å². The molecule has 6 nitrogen and oxygen atoms in total. The Bertz CT molecular complexity index is 754. The first-order valence-electron chi connectivity index (χ1n) is 8.37. The van der Waals surface area contributed by atoms with Crippen LogP contribution in [0.5, 0.6) is 11.5 Å². The van der Waals surface area contributed by atoms with E-state index in [1.807, 2.05) is 36.4 Å². The molecule has 0 fully saturated rings. The molecule has 0 bridgehead atoms. The minimum Gasteiger partial charge on any atom is -0.485 e. The number of amides is 2. The highest BCUT2D eigenvalue weighted by Crippen LogP contribution is 2.30. The van der Waals surface area contributed by atoms with Crippen LogP contribution in [0.3, 0.4) is 0 Å². The molecule has 1 atom stereocenters. The van der Waals surface area contributed by atoms with E-state index >= 15 is 0 Å². The van der Waals surface area contributed by atoms with Gasteiger partial charge in [-0.3, -0.25) is 20.4 Å². The first kappa shape index (κ1) is 18.1. The van der Waals surface area contributed by atoms with Gasteiger partial charge in [0.2, 0.25) is 12.0 Å². The maximum absolute atomic E-state index is 12.1. The number of benzene rings is 2. The van der Waals surface area contributed by atoms with Crippen molar-refractivity contribution in [2.45, 2.75) is 23.8 Å². The second-order valence-corrected chi connectivity index (χ2v) is 6.84. The molecule has 1 aliphatic heterocycles. The zero-order valence-corrected chi connectivity index (χ0v) is 15.0. The molecule has 136 valence electrons. The van der Waals surface area contributed by atoms with E-state index in [4.69, 9.17) is 9.47 Å². The first-order valence-corrected chi connectivity index (χ1v) is 9.36. The van der Waals surface area contributed by atoms with Crippen molar-refractivity contribution in [3.63, 3.8) is 0 Å². The largest absolute Gasteiger partial charge is 0.485 e. The summed E-state index contributed by atoms with van der Waals surface area (Å²) in [4.78, 5) is 25.1. The second-order valence-electron chi connectivity index (χ2n) is 5.67. The molecule has 0 aromatic heterocycles. The van der Waals surface area contributed by atoms with Gasteiger partial charge in [0.15, 0.2) is 11.5 Å². The van der Waals surface area contributed by atoms with Crippen molar-refractivity contribution >= 4 is 23.6 Å². The lowest BCUT2D eigenvalue weighted by atomic mass is 10.2. The summed E-state index contributed by atoms with van der Waals surface area (Å²) in [7, 11) is 0. The van der Waals surface area contributed by atoms with Crippen LogP contribution >= 0.6 is 11.8 Å². The minimum absolute atomic E-state index is 0.104. The molecule has 2 aromatic rings. The molecule has 3 rings (SSSR count). The Kier molecular flexibility index (Phi) is 6.38. The molecule has 2 N–H and O–H groups in total. The molecular formula is C19H20N2O4S. The summed E-state index contributed by atoms with van der Waals surface area (Å²) in [6.45, 7) is 0.104. The van der Waals surface area contributed by atoms with Crippen LogP contribution in [-0.4, -0.2) is 30.3 Å². The molecule has 2 amide bonds. The third-order valence-electron chi connectivity index (χ3n) is 3.69. The molecule has 0 saturated heterocycles. The predicted octanol–water partition coefficient (Wildman–Crippen LogP) is 2.55. The number of hydrogen-bond acceptors (Lipinski definition) is 5. The number of carbonyl (C=O) groups is 2. The van der Waals surface area contributed by atoms with E-state index in [9.17, 15) is 9.59 Å². The molecule has 0 aliphatic carbocycles. The van der Waals surface area contributed by atoms with Crippen molar-refractivity contribution in [2.75, 3.05) is 12.4 Å². The summed E-state index contributed by atoms with van der Waals surface area (Å²) >= 11 is 1.70. The van der Waals surface area contributed by atoms with Crippen LogP contribution in [0.1, 0.15) is 12.8 Å². The van der Waals surface area contributed by atoms with Gasteiger partial charge in [-0.25, -0.2) is 0 Å². The number of para-hydroxylation sites is 2. The Labute approximate surface area is 156 Å². The second kappa shape index (κ2) is 9.15. The smallest absolute Gasteiger partial charge is 0.283 e. The number of thioether (sulfide) groups is 1. The number of hydrogen-bond donors (Lipinski definition) is 2. The van der Waals surface area contributed by atoms with Gasteiger partial charge in [0.05, 0.1) is 0 Å². The van der Waals surface area contributed by atoms with Crippen molar-refractivity contribution in [1.29, 1.82) is 0 Å². The quantitative estimate of drug-likeness (QED) is 0.463. The third kappa shape index (κ3) is 5.16. The Hall–Kier alpha value is -2.67. The molecule has 0 saturated carbocycles. The molecule has 0 radical (unpaired) electrons.